The Balaban J connectivity index is 1.81. The second kappa shape index (κ2) is 8.87. The molecule has 1 aliphatic heterocycles. The predicted molar refractivity (Wildman–Crippen MR) is 96.3 cm³/mol. The molecule has 8 heteroatoms. The first-order valence-electron chi connectivity index (χ1n) is 9.31. The standard InChI is InChI=1S/C19H23ClF2N2O3/c20-13-5-6-14(21)15(16(13)22)17(11-3-1-2-4-11)24-18(25)12-7-9-23-19(26)27-10-8-12/h5-6,11-12,17H,1-4,7-10H2,(H,23,26)(H,24,25)/t12-,17+/m1/s1. The largest absolute Gasteiger partial charge is 0.450 e. The highest BCUT2D eigenvalue weighted by Crippen LogP contribution is 2.39. The van der Waals surface area contributed by atoms with Crippen molar-refractivity contribution < 1.29 is 23.1 Å². The number of nitrogens with one attached hydrogen (secondary N) is 2. The Morgan fingerprint density at radius 2 is 1.96 bits per heavy atom. The zero-order valence-corrected chi connectivity index (χ0v) is 15.7. The molecular weight excluding hydrogens is 378 g/mol. The van der Waals surface area contributed by atoms with Crippen molar-refractivity contribution in [1.82, 2.24) is 10.6 Å². The first-order chi connectivity index (χ1) is 13.0. The fourth-order valence-electron chi connectivity index (χ4n) is 3.92. The highest BCUT2D eigenvalue weighted by Gasteiger charge is 2.34. The van der Waals surface area contributed by atoms with E-state index < -0.39 is 29.7 Å². The van der Waals surface area contributed by atoms with Gasteiger partial charge in [0, 0.05) is 18.0 Å². The molecule has 27 heavy (non-hydrogen) atoms. The van der Waals surface area contributed by atoms with Crippen LogP contribution in [-0.2, 0) is 9.53 Å². The Morgan fingerprint density at radius 1 is 1.22 bits per heavy atom. The summed E-state index contributed by atoms with van der Waals surface area (Å²) >= 11 is 5.86. The number of hydrogen-bond acceptors (Lipinski definition) is 3. The maximum absolute atomic E-state index is 14.6. The van der Waals surface area contributed by atoms with Gasteiger partial charge >= 0.3 is 6.09 Å². The Labute approximate surface area is 161 Å². The van der Waals surface area contributed by atoms with Gasteiger partial charge in [-0.15, -0.1) is 0 Å². The lowest BCUT2D eigenvalue weighted by Gasteiger charge is -2.29. The van der Waals surface area contributed by atoms with Gasteiger partial charge in [0.05, 0.1) is 17.7 Å². The molecule has 1 saturated heterocycles. The SMILES string of the molecule is O=C1NCC[C@@H](C(=O)N[C@H](c2c(F)ccc(Cl)c2F)C2CCCC2)CCO1. The van der Waals surface area contributed by atoms with Gasteiger partial charge in [0.15, 0.2) is 0 Å². The Morgan fingerprint density at radius 3 is 2.70 bits per heavy atom. The molecule has 2 N–H and O–H groups in total. The Bertz CT molecular complexity index is 698. The minimum atomic E-state index is -0.817. The number of rotatable bonds is 4. The zero-order valence-electron chi connectivity index (χ0n) is 14.9. The lowest BCUT2D eigenvalue weighted by Crippen LogP contribution is -2.41. The summed E-state index contributed by atoms with van der Waals surface area (Å²) in [5.41, 5.74) is -0.168. The molecule has 3 rings (SSSR count). The van der Waals surface area contributed by atoms with Crippen LogP contribution in [0.25, 0.3) is 0 Å². The topological polar surface area (TPSA) is 67.4 Å². The number of carbonyl (C=O) groups is 2. The molecule has 1 saturated carbocycles. The first kappa shape index (κ1) is 19.9. The van der Waals surface area contributed by atoms with Crippen molar-refractivity contribution in [3.05, 3.63) is 34.4 Å². The Hall–Kier alpha value is -1.89. The molecule has 0 radical (unpaired) electrons. The highest BCUT2D eigenvalue weighted by molar-refractivity contribution is 6.30. The molecule has 1 aliphatic carbocycles. The summed E-state index contributed by atoms with van der Waals surface area (Å²) in [7, 11) is 0. The number of cyclic esters (lactones) is 1. The van der Waals surface area contributed by atoms with Crippen LogP contribution in [0.3, 0.4) is 0 Å². The summed E-state index contributed by atoms with van der Waals surface area (Å²) in [6.07, 6.45) is 3.82. The third kappa shape index (κ3) is 4.69. The third-order valence-electron chi connectivity index (χ3n) is 5.39. The minimum absolute atomic E-state index is 0.0408. The number of alkyl carbamates (subject to hydrolysis) is 1. The predicted octanol–water partition coefficient (Wildman–Crippen LogP) is 4.10. The van der Waals surface area contributed by atoms with Gasteiger partial charge < -0.3 is 15.4 Å². The maximum Gasteiger partial charge on any atom is 0.407 e. The van der Waals surface area contributed by atoms with Crippen LogP contribution in [0.1, 0.15) is 50.1 Å². The highest BCUT2D eigenvalue weighted by atomic mass is 35.5. The zero-order chi connectivity index (χ0) is 19.4. The van der Waals surface area contributed by atoms with E-state index in [1.54, 1.807) is 0 Å². The number of halogens is 3. The Kier molecular flexibility index (Phi) is 6.52. The second-order valence-electron chi connectivity index (χ2n) is 7.12. The maximum atomic E-state index is 14.6. The molecule has 0 bridgehead atoms. The summed E-state index contributed by atoms with van der Waals surface area (Å²) in [6.45, 7) is 0.433. The molecule has 2 amide bonds. The van der Waals surface area contributed by atoms with Gasteiger partial charge in [-0.1, -0.05) is 24.4 Å². The first-order valence-corrected chi connectivity index (χ1v) is 9.69. The van der Waals surface area contributed by atoms with Crippen LogP contribution in [0, 0.1) is 23.5 Å². The smallest absolute Gasteiger partial charge is 0.407 e. The van der Waals surface area contributed by atoms with Gasteiger partial charge in [-0.25, -0.2) is 13.6 Å². The molecule has 2 atom stereocenters. The monoisotopic (exact) mass is 400 g/mol. The molecule has 148 valence electrons. The van der Waals surface area contributed by atoms with Gasteiger partial charge in [-0.2, -0.15) is 0 Å². The van der Waals surface area contributed by atoms with Crippen molar-refractivity contribution in [1.29, 1.82) is 0 Å². The van der Waals surface area contributed by atoms with Gasteiger partial charge in [0.2, 0.25) is 5.91 Å². The second-order valence-corrected chi connectivity index (χ2v) is 7.53. The summed E-state index contributed by atoms with van der Waals surface area (Å²) in [6, 6.07) is 1.55. The summed E-state index contributed by atoms with van der Waals surface area (Å²) in [5, 5.41) is 5.26. The van der Waals surface area contributed by atoms with Crippen LogP contribution in [0.2, 0.25) is 5.02 Å². The van der Waals surface area contributed by atoms with E-state index in [0.29, 0.717) is 19.4 Å². The van der Waals surface area contributed by atoms with E-state index in [9.17, 15) is 18.4 Å². The van der Waals surface area contributed by atoms with E-state index in [0.717, 1.165) is 31.7 Å². The molecule has 2 fully saturated rings. The van der Waals surface area contributed by atoms with Gasteiger partial charge in [-0.3, -0.25) is 4.79 Å². The van der Waals surface area contributed by atoms with Crippen LogP contribution in [-0.4, -0.2) is 25.2 Å². The van der Waals surface area contributed by atoms with E-state index in [-0.39, 0.29) is 29.0 Å². The molecule has 1 heterocycles. The van der Waals surface area contributed by atoms with Crippen LogP contribution in [0.4, 0.5) is 13.6 Å². The fourth-order valence-corrected chi connectivity index (χ4v) is 4.08. The van der Waals surface area contributed by atoms with Crippen molar-refractivity contribution in [2.24, 2.45) is 11.8 Å². The number of carbonyl (C=O) groups excluding carboxylic acids is 2. The molecule has 0 unspecified atom stereocenters. The molecule has 5 nitrogen and oxygen atoms in total. The van der Waals surface area contributed by atoms with E-state index >= 15 is 0 Å². The molecular formula is C19H23ClF2N2O3. The summed E-state index contributed by atoms with van der Waals surface area (Å²) in [4.78, 5) is 24.1. The lowest BCUT2D eigenvalue weighted by atomic mass is 9.89. The normalized spacial score (nSPS) is 22.3. The average molecular weight is 401 g/mol. The minimum Gasteiger partial charge on any atom is -0.450 e. The number of benzene rings is 1. The van der Waals surface area contributed by atoms with Gasteiger partial charge in [-0.05, 0) is 43.7 Å². The van der Waals surface area contributed by atoms with E-state index in [1.165, 1.54) is 6.07 Å². The average Bonchev–Trinajstić information content (AvgIpc) is 3.15. The van der Waals surface area contributed by atoms with Crippen LogP contribution >= 0.6 is 11.6 Å². The van der Waals surface area contributed by atoms with Crippen molar-refractivity contribution in [3.63, 3.8) is 0 Å². The molecule has 1 aromatic rings. The third-order valence-corrected chi connectivity index (χ3v) is 5.68. The summed E-state index contributed by atoms with van der Waals surface area (Å²) < 4.78 is 34.0. The number of amides is 2. The van der Waals surface area contributed by atoms with Gasteiger partial charge in [0.1, 0.15) is 11.6 Å². The van der Waals surface area contributed by atoms with Gasteiger partial charge in [0.25, 0.3) is 0 Å². The molecule has 1 aromatic carbocycles. The van der Waals surface area contributed by atoms with E-state index in [2.05, 4.69) is 10.6 Å². The number of hydrogen-bond donors (Lipinski definition) is 2. The van der Waals surface area contributed by atoms with E-state index in [1.807, 2.05) is 0 Å². The van der Waals surface area contributed by atoms with Crippen molar-refractivity contribution >= 4 is 23.6 Å². The summed E-state index contributed by atoms with van der Waals surface area (Å²) in [5.74, 6) is -2.25. The number of ether oxygens (including phenoxy) is 1. The van der Waals surface area contributed by atoms with Crippen molar-refractivity contribution in [2.75, 3.05) is 13.2 Å². The van der Waals surface area contributed by atoms with E-state index in [4.69, 9.17) is 16.3 Å². The van der Waals surface area contributed by atoms with Crippen LogP contribution in [0.5, 0.6) is 0 Å². The van der Waals surface area contributed by atoms with Crippen molar-refractivity contribution in [2.45, 2.75) is 44.6 Å². The van der Waals surface area contributed by atoms with Crippen molar-refractivity contribution in [3.8, 4) is 0 Å². The molecule has 0 aromatic heterocycles. The molecule has 2 aliphatic rings. The molecule has 0 spiro atoms. The quantitative estimate of drug-likeness (QED) is 0.747. The lowest BCUT2D eigenvalue weighted by molar-refractivity contribution is -0.127. The van der Waals surface area contributed by atoms with Crippen LogP contribution in [0.15, 0.2) is 12.1 Å². The van der Waals surface area contributed by atoms with Crippen LogP contribution < -0.4 is 10.6 Å². The fraction of sp³-hybridized carbons (Fsp3) is 0.579.